The van der Waals surface area contributed by atoms with Gasteiger partial charge in [-0.25, -0.2) is 4.79 Å². The molecule has 0 spiro atoms. The average molecular weight is 294 g/mol. The molecule has 3 N–H and O–H groups in total. The number of anilines is 1. The van der Waals surface area contributed by atoms with Gasteiger partial charge < -0.3 is 15.7 Å². The van der Waals surface area contributed by atoms with E-state index in [0.29, 0.717) is 12.8 Å². The summed E-state index contributed by atoms with van der Waals surface area (Å²) < 4.78 is 0. The molecule has 0 aliphatic heterocycles. The van der Waals surface area contributed by atoms with Gasteiger partial charge in [-0.05, 0) is 43.7 Å². The molecule has 0 radical (unpaired) electrons. The lowest BCUT2D eigenvalue weighted by atomic mass is 10.1. The molecule has 108 valence electrons. The molecule has 0 heterocycles. The quantitative estimate of drug-likeness (QED) is 0.746. The third-order valence-corrected chi connectivity index (χ3v) is 4.17. The van der Waals surface area contributed by atoms with Crippen LogP contribution in [0.2, 0.25) is 0 Å². The van der Waals surface area contributed by atoms with E-state index in [0.717, 1.165) is 17.0 Å². The Morgan fingerprint density at radius 1 is 1.35 bits per heavy atom. The number of carbonyl (C=O) groups is 2. The first-order valence-electron chi connectivity index (χ1n) is 6.53. The van der Waals surface area contributed by atoms with Gasteiger partial charge in [0, 0.05) is 16.6 Å². The molecular weight excluding hydrogens is 276 g/mol. The molecule has 0 bridgehead atoms. The summed E-state index contributed by atoms with van der Waals surface area (Å²) in [5.74, 6) is -1.11. The Balaban J connectivity index is 1.85. The van der Waals surface area contributed by atoms with Gasteiger partial charge in [0.15, 0.2) is 0 Å². The molecule has 1 aromatic carbocycles. The molecule has 0 aromatic heterocycles. The van der Waals surface area contributed by atoms with Crippen molar-refractivity contribution < 1.29 is 14.7 Å². The van der Waals surface area contributed by atoms with Crippen molar-refractivity contribution in [2.75, 3.05) is 11.6 Å². The van der Waals surface area contributed by atoms with E-state index in [1.807, 2.05) is 30.5 Å². The second-order valence-corrected chi connectivity index (χ2v) is 5.76. The first kappa shape index (κ1) is 14.7. The third kappa shape index (κ3) is 3.90. The Kier molecular flexibility index (Phi) is 4.89. The standard InChI is InChI=1S/C14H18N2O3S/c1-20-12-4-2-3-10(8-12)15-14(19)16-11-6-5-9(7-11)13(17)18/h2-4,8-9,11H,5-7H2,1H3,(H,17,18)(H2,15,16,19)/t9-,11+/m1/s1. The zero-order valence-corrected chi connectivity index (χ0v) is 12.1. The first-order valence-corrected chi connectivity index (χ1v) is 7.75. The van der Waals surface area contributed by atoms with Gasteiger partial charge in [-0.15, -0.1) is 11.8 Å². The number of amides is 2. The Morgan fingerprint density at radius 2 is 2.15 bits per heavy atom. The fourth-order valence-corrected chi connectivity index (χ4v) is 2.85. The summed E-state index contributed by atoms with van der Waals surface area (Å²) in [7, 11) is 0. The fraction of sp³-hybridized carbons (Fsp3) is 0.429. The van der Waals surface area contributed by atoms with Gasteiger partial charge in [0.2, 0.25) is 0 Å². The zero-order chi connectivity index (χ0) is 14.5. The van der Waals surface area contributed by atoms with E-state index in [1.165, 1.54) is 0 Å². The highest BCUT2D eigenvalue weighted by molar-refractivity contribution is 7.98. The molecule has 6 heteroatoms. The van der Waals surface area contributed by atoms with E-state index in [2.05, 4.69) is 10.6 Å². The van der Waals surface area contributed by atoms with E-state index in [-0.39, 0.29) is 18.0 Å². The minimum atomic E-state index is -0.776. The van der Waals surface area contributed by atoms with Crippen molar-refractivity contribution >= 4 is 29.4 Å². The van der Waals surface area contributed by atoms with E-state index in [4.69, 9.17) is 5.11 Å². The SMILES string of the molecule is CSc1cccc(NC(=O)N[C@H]2CC[C@@H](C(=O)O)C2)c1. The number of carboxylic acids is 1. The first-order chi connectivity index (χ1) is 9.58. The van der Waals surface area contributed by atoms with Crippen LogP contribution in [0, 0.1) is 5.92 Å². The molecule has 2 amide bonds. The molecule has 1 aromatic rings. The van der Waals surface area contributed by atoms with Crippen LogP contribution >= 0.6 is 11.8 Å². The fourth-order valence-electron chi connectivity index (χ4n) is 2.39. The second-order valence-electron chi connectivity index (χ2n) is 4.88. The molecular formula is C14H18N2O3S. The van der Waals surface area contributed by atoms with Crippen LogP contribution in [0.1, 0.15) is 19.3 Å². The number of benzene rings is 1. The van der Waals surface area contributed by atoms with Gasteiger partial charge >= 0.3 is 12.0 Å². The number of thioether (sulfide) groups is 1. The van der Waals surface area contributed by atoms with Crippen molar-refractivity contribution in [2.45, 2.75) is 30.2 Å². The van der Waals surface area contributed by atoms with Gasteiger partial charge in [-0.3, -0.25) is 4.79 Å². The molecule has 20 heavy (non-hydrogen) atoms. The van der Waals surface area contributed by atoms with Gasteiger partial charge in [-0.1, -0.05) is 6.07 Å². The smallest absolute Gasteiger partial charge is 0.319 e. The van der Waals surface area contributed by atoms with Crippen LogP contribution in [0.5, 0.6) is 0 Å². The minimum Gasteiger partial charge on any atom is -0.481 e. The predicted octanol–water partition coefficient (Wildman–Crippen LogP) is 2.78. The molecule has 5 nitrogen and oxygen atoms in total. The lowest BCUT2D eigenvalue weighted by Crippen LogP contribution is -2.36. The summed E-state index contributed by atoms with van der Waals surface area (Å²) in [5.41, 5.74) is 0.738. The number of hydrogen-bond donors (Lipinski definition) is 3. The summed E-state index contributed by atoms with van der Waals surface area (Å²) >= 11 is 1.61. The Morgan fingerprint density at radius 3 is 2.80 bits per heavy atom. The number of carboxylic acid groups (broad SMARTS) is 1. The van der Waals surface area contributed by atoms with Gasteiger partial charge in [0.1, 0.15) is 0 Å². The molecule has 2 rings (SSSR count). The van der Waals surface area contributed by atoms with Crippen molar-refractivity contribution in [3.63, 3.8) is 0 Å². The maximum Gasteiger partial charge on any atom is 0.319 e. The van der Waals surface area contributed by atoms with Crippen LogP contribution in [0.3, 0.4) is 0 Å². The number of nitrogens with one attached hydrogen (secondary N) is 2. The maximum absolute atomic E-state index is 11.9. The zero-order valence-electron chi connectivity index (χ0n) is 11.3. The Bertz CT molecular complexity index is 507. The van der Waals surface area contributed by atoms with E-state index in [9.17, 15) is 9.59 Å². The lowest BCUT2D eigenvalue weighted by molar-refractivity contribution is -0.141. The van der Waals surface area contributed by atoms with E-state index in [1.54, 1.807) is 11.8 Å². The summed E-state index contributed by atoms with van der Waals surface area (Å²) in [6.07, 6.45) is 3.83. The monoisotopic (exact) mass is 294 g/mol. The van der Waals surface area contributed by atoms with Crippen molar-refractivity contribution in [3.8, 4) is 0 Å². The van der Waals surface area contributed by atoms with Crippen LogP contribution in [0.15, 0.2) is 29.2 Å². The summed E-state index contributed by atoms with van der Waals surface area (Å²) in [5, 5.41) is 14.5. The number of hydrogen-bond acceptors (Lipinski definition) is 3. The van der Waals surface area contributed by atoms with Crippen molar-refractivity contribution in [2.24, 2.45) is 5.92 Å². The normalized spacial score (nSPS) is 21.4. The maximum atomic E-state index is 11.9. The highest BCUT2D eigenvalue weighted by Crippen LogP contribution is 2.25. The van der Waals surface area contributed by atoms with Crippen molar-refractivity contribution in [1.82, 2.24) is 5.32 Å². The largest absolute Gasteiger partial charge is 0.481 e. The molecule has 2 atom stereocenters. The highest BCUT2D eigenvalue weighted by Gasteiger charge is 2.30. The van der Waals surface area contributed by atoms with E-state index >= 15 is 0 Å². The topological polar surface area (TPSA) is 78.4 Å². The highest BCUT2D eigenvalue weighted by atomic mass is 32.2. The Labute approximate surface area is 122 Å². The molecule has 0 unspecified atom stereocenters. The molecule has 0 saturated heterocycles. The summed E-state index contributed by atoms with van der Waals surface area (Å²) in [6.45, 7) is 0. The van der Waals surface area contributed by atoms with Crippen molar-refractivity contribution in [3.05, 3.63) is 24.3 Å². The number of urea groups is 1. The number of aliphatic carboxylic acids is 1. The van der Waals surface area contributed by atoms with Crippen LogP contribution < -0.4 is 10.6 Å². The van der Waals surface area contributed by atoms with Gasteiger partial charge in [-0.2, -0.15) is 0 Å². The number of rotatable bonds is 4. The molecule has 1 saturated carbocycles. The molecule has 1 fully saturated rings. The predicted molar refractivity (Wildman–Crippen MR) is 79.1 cm³/mol. The second kappa shape index (κ2) is 6.65. The third-order valence-electron chi connectivity index (χ3n) is 3.44. The molecule has 1 aliphatic rings. The van der Waals surface area contributed by atoms with Crippen LogP contribution in [0.25, 0.3) is 0 Å². The summed E-state index contributed by atoms with van der Waals surface area (Å²) in [4.78, 5) is 23.8. The van der Waals surface area contributed by atoms with Crippen molar-refractivity contribution in [1.29, 1.82) is 0 Å². The van der Waals surface area contributed by atoms with Crippen LogP contribution in [0.4, 0.5) is 10.5 Å². The van der Waals surface area contributed by atoms with E-state index < -0.39 is 5.97 Å². The molecule has 1 aliphatic carbocycles. The van der Waals surface area contributed by atoms with Crippen LogP contribution in [-0.2, 0) is 4.79 Å². The minimum absolute atomic E-state index is 0.0557. The number of carbonyl (C=O) groups excluding carboxylic acids is 1. The average Bonchev–Trinajstić information content (AvgIpc) is 2.87. The van der Waals surface area contributed by atoms with Gasteiger partial charge in [0.05, 0.1) is 5.92 Å². The summed E-state index contributed by atoms with van der Waals surface area (Å²) in [6, 6.07) is 7.26. The lowest BCUT2D eigenvalue weighted by Gasteiger charge is -2.13. The van der Waals surface area contributed by atoms with Gasteiger partial charge in [0.25, 0.3) is 0 Å². The van der Waals surface area contributed by atoms with Crippen LogP contribution in [-0.4, -0.2) is 29.4 Å². The Hall–Kier alpha value is -1.69.